The molecule has 2 aliphatic carbocycles. The van der Waals surface area contributed by atoms with Gasteiger partial charge in [-0.25, -0.2) is 0 Å². The Hall–Kier alpha value is -3.75. The molecule has 164 valence electrons. The van der Waals surface area contributed by atoms with Crippen molar-refractivity contribution in [3.8, 4) is 22.6 Å². The highest BCUT2D eigenvalue weighted by atomic mass is 35.5. The monoisotopic (exact) mass is 459 g/mol. The van der Waals surface area contributed by atoms with Crippen LogP contribution in [0.5, 0.6) is 11.5 Å². The van der Waals surface area contributed by atoms with Gasteiger partial charge in [-0.1, -0.05) is 90.5 Å². The number of nitrogens with one attached hydrogen (secondary N) is 1. The quantitative estimate of drug-likeness (QED) is 0.281. The Morgan fingerprint density at radius 1 is 0.706 bits per heavy atom. The fourth-order valence-corrected chi connectivity index (χ4v) is 6.16. The molecule has 0 atom stereocenters. The van der Waals surface area contributed by atoms with E-state index < -0.39 is 5.41 Å². The predicted octanol–water partition coefficient (Wildman–Crippen LogP) is 8.37. The molecule has 4 aromatic rings. The molecule has 0 saturated heterocycles. The number of ether oxygens (including phenoxy) is 1. The third-order valence-corrected chi connectivity index (χ3v) is 7.62. The van der Waals surface area contributed by atoms with Gasteiger partial charge in [-0.3, -0.25) is 0 Å². The smallest absolute Gasteiger partial charge is 0.132 e. The largest absolute Gasteiger partial charge is 0.457 e. The molecular weight excluding hydrogens is 438 g/mol. The standard InChI is InChI=1S/C31H22ClNO/c32-25-15-5-6-16-26(25)33-27-17-9-14-24-30(27)20-10-1-2-11-21(20)31(24)22-12-3-7-18-28(22)34-29-19-8-4-13-23(29)31/h1-5,7-15,17-19,33H,6,16H2. The van der Waals surface area contributed by atoms with Crippen LogP contribution < -0.4 is 10.1 Å². The topological polar surface area (TPSA) is 21.3 Å². The summed E-state index contributed by atoms with van der Waals surface area (Å²) in [5, 5.41) is 4.49. The molecule has 7 rings (SSSR count). The molecule has 0 unspecified atom stereocenters. The zero-order chi connectivity index (χ0) is 22.7. The average Bonchev–Trinajstić information content (AvgIpc) is 3.18. The fraction of sp³-hybridized carbons (Fsp3) is 0.0968. The van der Waals surface area contributed by atoms with Crippen molar-refractivity contribution in [2.75, 3.05) is 5.32 Å². The van der Waals surface area contributed by atoms with E-state index in [1.807, 2.05) is 18.2 Å². The van der Waals surface area contributed by atoms with Gasteiger partial charge in [0.25, 0.3) is 0 Å². The van der Waals surface area contributed by atoms with Crippen molar-refractivity contribution in [1.29, 1.82) is 0 Å². The van der Waals surface area contributed by atoms with Gasteiger partial charge in [0.2, 0.25) is 0 Å². The normalized spacial score (nSPS) is 16.4. The minimum atomic E-state index is -0.445. The van der Waals surface area contributed by atoms with E-state index in [0.717, 1.165) is 40.8 Å². The number of hydrogen-bond donors (Lipinski definition) is 1. The summed E-state index contributed by atoms with van der Waals surface area (Å²) in [6, 6.07) is 32.3. The number of anilines is 1. The number of benzene rings is 4. The lowest BCUT2D eigenvalue weighted by Gasteiger charge is -2.39. The van der Waals surface area contributed by atoms with Gasteiger partial charge in [-0.2, -0.15) is 0 Å². The fourth-order valence-electron chi connectivity index (χ4n) is 5.93. The van der Waals surface area contributed by atoms with Crippen molar-refractivity contribution in [3.05, 3.63) is 136 Å². The lowest BCUT2D eigenvalue weighted by molar-refractivity contribution is 0.436. The number of hydrogen-bond acceptors (Lipinski definition) is 2. The molecule has 3 heteroatoms. The second-order valence-electron chi connectivity index (χ2n) is 9.01. The molecule has 34 heavy (non-hydrogen) atoms. The molecule has 1 heterocycles. The van der Waals surface area contributed by atoms with E-state index in [2.05, 4.69) is 90.3 Å². The van der Waals surface area contributed by atoms with Crippen LogP contribution in [0.25, 0.3) is 11.1 Å². The second kappa shape index (κ2) is 7.38. The maximum Gasteiger partial charge on any atom is 0.132 e. The van der Waals surface area contributed by atoms with Gasteiger partial charge in [-0.15, -0.1) is 0 Å². The minimum Gasteiger partial charge on any atom is -0.457 e. The van der Waals surface area contributed by atoms with E-state index in [0.29, 0.717) is 0 Å². The molecule has 1 N–H and O–H groups in total. The molecule has 0 aromatic heterocycles. The number of rotatable bonds is 2. The lowest BCUT2D eigenvalue weighted by atomic mass is 9.66. The Morgan fingerprint density at radius 2 is 1.35 bits per heavy atom. The highest BCUT2D eigenvalue weighted by Gasteiger charge is 2.51. The Kier molecular flexibility index (Phi) is 4.27. The van der Waals surface area contributed by atoms with Gasteiger partial charge in [0.05, 0.1) is 10.4 Å². The summed E-state index contributed by atoms with van der Waals surface area (Å²) >= 11 is 6.57. The van der Waals surface area contributed by atoms with E-state index >= 15 is 0 Å². The van der Waals surface area contributed by atoms with Crippen LogP contribution in [0.3, 0.4) is 0 Å². The SMILES string of the molecule is ClC1=C(Nc2cccc3c2-c2ccccc2C32c3ccccc3Oc3ccccc32)CCC=C1. The van der Waals surface area contributed by atoms with Gasteiger partial charge in [0, 0.05) is 28.1 Å². The van der Waals surface area contributed by atoms with E-state index in [-0.39, 0.29) is 0 Å². The van der Waals surface area contributed by atoms with Gasteiger partial charge >= 0.3 is 0 Å². The third-order valence-electron chi connectivity index (χ3n) is 7.27. The van der Waals surface area contributed by atoms with Crippen LogP contribution in [0.2, 0.25) is 0 Å². The first-order valence-corrected chi connectivity index (χ1v) is 12.1. The average molecular weight is 460 g/mol. The summed E-state index contributed by atoms with van der Waals surface area (Å²) in [5.41, 5.74) is 9.10. The molecule has 0 bridgehead atoms. The van der Waals surface area contributed by atoms with E-state index in [1.54, 1.807) is 0 Å². The van der Waals surface area contributed by atoms with Crippen LogP contribution in [-0.4, -0.2) is 0 Å². The van der Waals surface area contributed by atoms with Crippen LogP contribution in [0.15, 0.2) is 114 Å². The first-order valence-electron chi connectivity index (χ1n) is 11.7. The summed E-state index contributed by atoms with van der Waals surface area (Å²) in [6.07, 6.45) is 6.03. The predicted molar refractivity (Wildman–Crippen MR) is 139 cm³/mol. The summed E-state index contributed by atoms with van der Waals surface area (Å²) in [6.45, 7) is 0. The lowest BCUT2D eigenvalue weighted by Crippen LogP contribution is -2.32. The van der Waals surface area contributed by atoms with Crippen molar-refractivity contribution in [3.63, 3.8) is 0 Å². The Labute approximate surface area is 204 Å². The molecule has 1 spiro atoms. The highest BCUT2D eigenvalue weighted by Crippen LogP contribution is 2.63. The molecule has 0 radical (unpaired) electrons. The van der Waals surface area contributed by atoms with Crippen molar-refractivity contribution < 1.29 is 4.74 Å². The third kappa shape index (κ3) is 2.58. The van der Waals surface area contributed by atoms with E-state index in [9.17, 15) is 0 Å². The van der Waals surface area contributed by atoms with Gasteiger partial charge in [0.15, 0.2) is 0 Å². The van der Waals surface area contributed by atoms with E-state index in [4.69, 9.17) is 16.3 Å². The number of para-hydroxylation sites is 2. The van der Waals surface area contributed by atoms with Gasteiger partial charge < -0.3 is 10.1 Å². The maximum atomic E-state index is 6.57. The second-order valence-corrected chi connectivity index (χ2v) is 9.42. The van der Waals surface area contributed by atoms with Crippen LogP contribution in [0, 0.1) is 0 Å². The zero-order valence-electron chi connectivity index (χ0n) is 18.5. The molecule has 3 aliphatic rings. The van der Waals surface area contributed by atoms with Crippen molar-refractivity contribution in [2.24, 2.45) is 0 Å². The van der Waals surface area contributed by atoms with Crippen molar-refractivity contribution in [2.45, 2.75) is 18.3 Å². The van der Waals surface area contributed by atoms with Crippen molar-refractivity contribution in [1.82, 2.24) is 0 Å². The molecular formula is C31H22ClNO. The molecule has 0 fully saturated rings. The number of allylic oxidation sites excluding steroid dienone is 4. The van der Waals surface area contributed by atoms with Crippen LogP contribution in [0.4, 0.5) is 5.69 Å². The Bertz CT molecular complexity index is 1480. The van der Waals surface area contributed by atoms with Gasteiger partial charge in [0.1, 0.15) is 11.5 Å². The molecule has 2 nitrogen and oxygen atoms in total. The van der Waals surface area contributed by atoms with E-state index in [1.165, 1.54) is 33.4 Å². The number of fused-ring (bicyclic) bond motifs is 9. The molecule has 4 aromatic carbocycles. The molecule has 1 aliphatic heterocycles. The first-order chi connectivity index (χ1) is 16.8. The molecule has 0 saturated carbocycles. The maximum absolute atomic E-state index is 6.57. The van der Waals surface area contributed by atoms with Crippen molar-refractivity contribution >= 4 is 17.3 Å². The summed E-state index contributed by atoms with van der Waals surface area (Å²) in [7, 11) is 0. The van der Waals surface area contributed by atoms with Crippen LogP contribution in [0.1, 0.15) is 35.1 Å². The molecule has 0 amide bonds. The first kappa shape index (κ1) is 19.7. The zero-order valence-corrected chi connectivity index (χ0v) is 19.3. The summed E-state index contributed by atoms with van der Waals surface area (Å²) in [4.78, 5) is 0. The summed E-state index contributed by atoms with van der Waals surface area (Å²) in [5.74, 6) is 1.82. The minimum absolute atomic E-state index is 0.445. The Morgan fingerprint density at radius 3 is 2.09 bits per heavy atom. The Balaban J connectivity index is 1.57. The summed E-state index contributed by atoms with van der Waals surface area (Å²) < 4.78 is 6.41. The number of halogens is 1. The highest BCUT2D eigenvalue weighted by molar-refractivity contribution is 6.31. The van der Waals surface area contributed by atoms with Crippen LogP contribution >= 0.6 is 11.6 Å². The van der Waals surface area contributed by atoms with Crippen LogP contribution in [-0.2, 0) is 5.41 Å². The van der Waals surface area contributed by atoms with Gasteiger partial charge in [-0.05, 0) is 53.8 Å².